The van der Waals surface area contributed by atoms with Gasteiger partial charge in [-0.3, -0.25) is 0 Å². The SMILES string of the molecule is O=S1(=O)N[C@@H]2CN(S(=O)(=O)c3ccccc3)C[C@@H]2Oc2ncccc21. The topological polar surface area (TPSA) is 106 Å². The summed E-state index contributed by atoms with van der Waals surface area (Å²) in [6.07, 6.45) is 0.784. The van der Waals surface area contributed by atoms with Crippen molar-refractivity contribution >= 4 is 20.0 Å². The Kier molecular flexibility index (Phi) is 3.80. The van der Waals surface area contributed by atoms with E-state index in [9.17, 15) is 16.8 Å². The quantitative estimate of drug-likeness (QED) is 0.796. The number of aromatic nitrogens is 1. The summed E-state index contributed by atoms with van der Waals surface area (Å²) in [6.45, 7) is 0.0372. The molecule has 1 fully saturated rings. The molecule has 4 rings (SSSR count). The Hall–Kier alpha value is -2.01. The van der Waals surface area contributed by atoms with Crippen LogP contribution in [0.3, 0.4) is 0 Å². The summed E-state index contributed by atoms with van der Waals surface area (Å²) in [6, 6.07) is 10.3. The molecule has 0 unspecified atom stereocenters. The number of ether oxygens (including phenoxy) is 1. The second-order valence-corrected chi connectivity index (χ2v) is 9.45. The van der Waals surface area contributed by atoms with E-state index in [0.29, 0.717) is 0 Å². The predicted octanol–water partition coefficient (Wildman–Crippen LogP) is 0.194. The van der Waals surface area contributed by atoms with Crippen LogP contribution in [0.1, 0.15) is 0 Å². The van der Waals surface area contributed by atoms with Gasteiger partial charge in [0.15, 0.2) is 0 Å². The van der Waals surface area contributed by atoms with Crippen molar-refractivity contribution in [2.24, 2.45) is 0 Å². The fourth-order valence-electron chi connectivity index (χ4n) is 2.99. The van der Waals surface area contributed by atoms with Crippen molar-refractivity contribution in [2.75, 3.05) is 13.1 Å². The fourth-order valence-corrected chi connectivity index (χ4v) is 5.82. The van der Waals surface area contributed by atoms with Crippen LogP contribution in [0.15, 0.2) is 58.5 Å². The van der Waals surface area contributed by atoms with Crippen molar-refractivity contribution in [1.29, 1.82) is 0 Å². The minimum Gasteiger partial charge on any atom is -0.470 e. The van der Waals surface area contributed by atoms with E-state index >= 15 is 0 Å². The average molecular weight is 381 g/mol. The molecule has 0 spiro atoms. The largest absolute Gasteiger partial charge is 0.470 e. The lowest BCUT2D eigenvalue weighted by molar-refractivity contribution is 0.186. The molecule has 1 saturated heterocycles. The van der Waals surface area contributed by atoms with Gasteiger partial charge in [0.2, 0.25) is 25.9 Å². The van der Waals surface area contributed by atoms with Gasteiger partial charge < -0.3 is 4.74 Å². The van der Waals surface area contributed by atoms with Crippen LogP contribution in [0.4, 0.5) is 0 Å². The van der Waals surface area contributed by atoms with Gasteiger partial charge in [-0.1, -0.05) is 18.2 Å². The van der Waals surface area contributed by atoms with Crippen molar-refractivity contribution in [3.8, 4) is 5.88 Å². The number of nitrogens with zero attached hydrogens (tertiary/aromatic N) is 2. The van der Waals surface area contributed by atoms with Crippen LogP contribution in [0.5, 0.6) is 5.88 Å². The first kappa shape index (κ1) is 16.5. The third-order valence-corrected chi connectivity index (χ3v) is 7.56. The van der Waals surface area contributed by atoms with Gasteiger partial charge in [0.1, 0.15) is 11.0 Å². The minimum absolute atomic E-state index is 0.00485. The van der Waals surface area contributed by atoms with Crippen LogP contribution in [-0.4, -0.2) is 51.4 Å². The lowest BCUT2D eigenvalue weighted by Gasteiger charge is -2.17. The molecule has 0 radical (unpaired) electrons. The summed E-state index contributed by atoms with van der Waals surface area (Å²) in [5.41, 5.74) is 0. The number of rotatable bonds is 2. The molecular formula is C15H15N3O5S2. The average Bonchev–Trinajstić information content (AvgIpc) is 2.94. The van der Waals surface area contributed by atoms with Crippen molar-refractivity contribution < 1.29 is 21.6 Å². The number of hydrogen-bond acceptors (Lipinski definition) is 6. The Morgan fingerprint density at radius 3 is 2.64 bits per heavy atom. The van der Waals surface area contributed by atoms with E-state index in [4.69, 9.17) is 4.74 Å². The zero-order chi connectivity index (χ0) is 17.7. The standard InChI is InChI=1S/C15H15N3O5S2/c19-24(20)14-7-4-8-16-15(14)23-13-10-18(9-12(13)17-24)25(21,22)11-5-2-1-3-6-11/h1-8,12-13,17H,9-10H2/t12-,13+/m1/s1. The molecule has 1 aromatic heterocycles. The summed E-state index contributed by atoms with van der Waals surface area (Å²) >= 11 is 0. The first-order chi connectivity index (χ1) is 11.9. The van der Waals surface area contributed by atoms with Crippen molar-refractivity contribution in [1.82, 2.24) is 14.0 Å². The molecule has 0 aliphatic carbocycles. The molecule has 2 aliphatic heterocycles. The van der Waals surface area contributed by atoms with Crippen LogP contribution in [-0.2, 0) is 20.0 Å². The monoisotopic (exact) mass is 381 g/mol. The summed E-state index contributed by atoms with van der Waals surface area (Å²) in [4.78, 5) is 4.09. The summed E-state index contributed by atoms with van der Waals surface area (Å²) in [5, 5.41) is 0. The van der Waals surface area contributed by atoms with Gasteiger partial charge in [0.05, 0.1) is 17.5 Å². The molecule has 0 amide bonds. The van der Waals surface area contributed by atoms with Crippen molar-refractivity contribution in [2.45, 2.75) is 21.9 Å². The predicted molar refractivity (Wildman–Crippen MR) is 88.0 cm³/mol. The number of hydrogen-bond donors (Lipinski definition) is 1. The van der Waals surface area contributed by atoms with Crippen LogP contribution in [0, 0.1) is 0 Å². The second-order valence-electron chi connectivity index (χ2n) is 5.83. The van der Waals surface area contributed by atoms with E-state index in [1.54, 1.807) is 18.2 Å². The molecule has 3 heterocycles. The number of fused-ring (bicyclic) bond motifs is 2. The highest BCUT2D eigenvalue weighted by Crippen LogP contribution is 2.30. The molecule has 1 N–H and O–H groups in total. The molecule has 25 heavy (non-hydrogen) atoms. The lowest BCUT2D eigenvalue weighted by atomic mass is 10.2. The van der Waals surface area contributed by atoms with Crippen molar-refractivity contribution in [3.63, 3.8) is 0 Å². The first-order valence-electron chi connectivity index (χ1n) is 7.57. The Labute approximate surface area is 145 Å². The molecule has 10 heteroatoms. The molecule has 132 valence electrons. The normalized spacial score (nSPS) is 25.4. The zero-order valence-electron chi connectivity index (χ0n) is 12.9. The minimum atomic E-state index is -3.83. The third-order valence-electron chi connectivity index (χ3n) is 4.21. The molecular weight excluding hydrogens is 366 g/mol. The van der Waals surface area contributed by atoms with Crippen LogP contribution >= 0.6 is 0 Å². The summed E-state index contributed by atoms with van der Waals surface area (Å²) in [7, 11) is -7.55. The zero-order valence-corrected chi connectivity index (χ0v) is 14.6. The van der Waals surface area contributed by atoms with Gasteiger partial charge in [-0.15, -0.1) is 0 Å². The fraction of sp³-hybridized carbons (Fsp3) is 0.267. The molecule has 1 aromatic carbocycles. The molecule has 2 atom stereocenters. The highest BCUT2D eigenvalue weighted by molar-refractivity contribution is 7.89. The molecule has 2 aliphatic rings. The van der Waals surface area contributed by atoms with Crippen LogP contribution in [0.25, 0.3) is 0 Å². The maximum absolute atomic E-state index is 12.7. The van der Waals surface area contributed by atoms with E-state index < -0.39 is 32.2 Å². The third kappa shape index (κ3) is 2.80. The number of benzene rings is 1. The number of sulfonamides is 2. The van der Waals surface area contributed by atoms with E-state index in [1.165, 1.54) is 34.8 Å². The highest BCUT2D eigenvalue weighted by atomic mass is 32.2. The van der Waals surface area contributed by atoms with E-state index in [0.717, 1.165) is 0 Å². The summed E-state index contributed by atoms with van der Waals surface area (Å²) in [5.74, 6) is -0.0125. The Morgan fingerprint density at radius 1 is 1.12 bits per heavy atom. The van der Waals surface area contributed by atoms with Gasteiger partial charge in [-0.25, -0.2) is 26.5 Å². The Balaban J connectivity index is 1.67. The Bertz CT molecular complexity index is 1010. The molecule has 0 saturated carbocycles. The van der Waals surface area contributed by atoms with Gasteiger partial charge in [-0.2, -0.15) is 4.31 Å². The first-order valence-corrected chi connectivity index (χ1v) is 10.5. The van der Waals surface area contributed by atoms with Gasteiger partial charge >= 0.3 is 0 Å². The smallest absolute Gasteiger partial charge is 0.246 e. The highest BCUT2D eigenvalue weighted by Gasteiger charge is 2.45. The van der Waals surface area contributed by atoms with E-state index in [2.05, 4.69) is 9.71 Å². The molecule has 0 bridgehead atoms. The number of nitrogens with one attached hydrogen (secondary N) is 1. The molecule has 2 aromatic rings. The van der Waals surface area contributed by atoms with Crippen LogP contribution < -0.4 is 9.46 Å². The maximum atomic E-state index is 12.7. The summed E-state index contributed by atoms with van der Waals surface area (Å²) < 4.78 is 59.9. The lowest BCUT2D eigenvalue weighted by Crippen LogP contribution is -2.42. The maximum Gasteiger partial charge on any atom is 0.246 e. The van der Waals surface area contributed by atoms with E-state index in [-0.39, 0.29) is 28.8 Å². The van der Waals surface area contributed by atoms with Gasteiger partial charge in [0.25, 0.3) is 0 Å². The number of pyridine rings is 1. The van der Waals surface area contributed by atoms with Gasteiger partial charge in [-0.05, 0) is 24.3 Å². The Morgan fingerprint density at radius 2 is 1.88 bits per heavy atom. The van der Waals surface area contributed by atoms with Crippen LogP contribution in [0.2, 0.25) is 0 Å². The van der Waals surface area contributed by atoms with Gasteiger partial charge in [0, 0.05) is 12.7 Å². The van der Waals surface area contributed by atoms with E-state index in [1.807, 2.05) is 0 Å². The van der Waals surface area contributed by atoms with Crippen molar-refractivity contribution in [3.05, 3.63) is 48.7 Å². The molecule has 8 nitrogen and oxygen atoms in total. The second kappa shape index (κ2) is 5.77.